The van der Waals surface area contributed by atoms with Gasteiger partial charge in [0.15, 0.2) is 0 Å². The molecule has 4 nitrogen and oxygen atoms in total. The van der Waals surface area contributed by atoms with Crippen LogP contribution in [0.3, 0.4) is 0 Å². The molecule has 0 unspecified atom stereocenters. The summed E-state index contributed by atoms with van der Waals surface area (Å²) in [7, 11) is 0. The Kier molecular flexibility index (Phi) is 5.88. The van der Waals surface area contributed by atoms with Crippen LogP contribution in [0.25, 0.3) is 17.0 Å². The molecule has 1 N–H and O–H groups in total. The predicted molar refractivity (Wildman–Crippen MR) is 126 cm³/mol. The molecule has 1 heterocycles. The van der Waals surface area contributed by atoms with Crippen LogP contribution in [0.5, 0.6) is 0 Å². The number of amides is 1. The summed E-state index contributed by atoms with van der Waals surface area (Å²) in [6.07, 6.45) is 3.62. The minimum Gasteiger partial charge on any atom is -0.342 e. The molecule has 5 heteroatoms. The third-order valence-electron chi connectivity index (χ3n) is 5.14. The van der Waals surface area contributed by atoms with Gasteiger partial charge in [0.1, 0.15) is 11.6 Å². The summed E-state index contributed by atoms with van der Waals surface area (Å²) in [6.45, 7) is 2.57. The minimum atomic E-state index is -0.425. The molecule has 31 heavy (non-hydrogen) atoms. The number of hydrogen-bond acceptors (Lipinski definition) is 2. The molecule has 0 saturated heterocycles. The van der Waals surface area contributed by atoms with E-state index in [0.717, 1.165) is 27.6 Å². The molecule has 152 valence electrons. The highest BCUT2D eigenvalue weighted by Gasteiger charge is 2.13. The fraction of sp³-hybridized carbons (Fsp3) is 0.0769. The molecule has 0 fully saturated rings. The Labute approximate surface area is 186 Å². The molecule has 0 radical (unpaired) electrons. The maximum absolute atomic E-state index is 12.7. The quantitative estimate of drug-likeness (QED) is 0.306. The summed E-state index contributed by atoms with van der Waals surface area (Å²) in [5.74, 6) is -0.425. The zero-order valence-corrected chi connectivity index (χ0v) is 17.7. The van der Waals surface area contributed by atoms with Crippen molar-refractivity contribution in [3.05, 3.63) is 106 Å². The van der Waals surface area contributed by atoms with Crippen molar-refractivity contribution in [1.29, 1.82) is 5.26 Å². The number of anilines is 1. The zero-order valence-electron chi connectivity index (χ0n) is 17.0. The van der Waals surface area contributed by atoms with Crippen molar-refractivity contribution in [2.75, 3.05) is 5.32 Å². The number of para-hydroxylation sites is 2. The normalized spacial score (nSPS) is 11.3. The Hall–Kier alpha value is -3.81. The Morgan fingerprint density at radius 1 is 1.06 bits per heavy atom. The number of aromatic nitrogens is 1. The SMILES string of the molecule is Cc1ccccc1NC(=O)/C(C#N)=C/c1cn(Cc2ccc(Cl)cc2)c2ccccc12. The number of rotatable bonds is 5. The van der Waals surface area contributed by atoms with E-state index in [-0.39, 0.29) is 5.57 Å². The molecule has 4 rings (SSSR count). The van der Waals surface area contributed by atoms with Gasteiger partial charge in [0.2, 0.25) is 0 Å². The second-order valence-electron chi connectivity index (χ2n) is 7.29. The Balaban J connectivity index is 1.68. The van der Waals surface area contributed by atoms with E-state index in [2.05, 4.69) is 9.88 Å². The van der Waals surface area contributed by atoms with Crippen molar-refractivity contribution >= 4 is 40.2 Å². The number of benzene rings is 3. The fourth-order valence-electron chi connectivity index (χ4n) is 3.51. The van der Waals surface area contributed by atoms with Gasteiger partial charge in [-0.2, -0.15) is 5.26 Å². The molecule has 4 aromatic rings. The standard InChI is InChI=1S/C26H20ClN3O/c1-18-6-2-4-8-24(18)29-26(31)20(15-28)14-21-17-30(25-9-5-3-7-23(21)25)16-19-10-12-22(27)13-11-19/h2-14,17H,16H2,1H3,(H,29,31)/b20-14+. The van der Waals surface area contributed by atoms with E-state index in [0.29, 0.717) is 17.3 Å². The number of carbonyl (C=O) groups excluding carboxylic acids is 1. The first-order valence-electron chi connectivity index (χ1n) is 9.86. The number of aryl methyl sites for hydroxylation is 1. The first-order valence-corrected chi connectivity index (χ1v) is 10.2. The summed E-state index contributed by atoms with van der Waals surface area (Å²) < 4.78 is 2.11. The van der Waals surface area contributed by atoms with Gasteiger partial charge < -0.3 is 9.88 Å². The van der Waals surface area contributed by atoms with Gasteiger partial charge >= 0.3 is 0 Å². The highest BCUT2D eigenvalue weighted by Crippen LogP contribution is 2.25. The molecular weight excluding hydrogens is 406 g/mol. The topological polar surface area (TPSA) is 57.8 Å². The van der Waals surface area contributed by atoms with Gasteiger partial charge in [-0.1, -0.05) is 60.1 Å². The molecule has 0 saturated carbocycles. The van der Waals surface area contributed by atoms with Gasteiger partial charge in [0.25, 0.3) is 5.91 Å². The summed E-state index contributed by atoms with van der Waals surface area (Å²) in [4.78, 5) is 12.7. The maximum atomic E-state index is 12.7. The van der Waals surface area contributed by atoms with E-state index in [1.54, 1.807) is 6.08 Å². The van der Waals surface area contributed by atoms with Crippen molar-refractivity contribution in [3.8, 4) is 6.07 Å². The largest absolute Gasteiger partial charge is 0.342 e. The van der Waals surface area contributed by atoms with Crippen LogP contribution < -0.4 is 5.32 Å². The highest BCUT2D eigenvalue weighted by molar-refractivity contribution is 6.30. The predicted octanol–water partition coefficient (Wildman–Crippen LogP) is 6.20. The number of nitrogens with one attached hydrogen (secondary N) is 1. The molecule has 1 amide bonds. The van der Waals surface area contributed by atoms with E-state index in [1.807, 2.05) is 92.0 Å². The van der Waals surface area contributed by atoms with Gasteiger partial charge in [0, 0.05) is 39.9 Å². The van der Waals surface area contributed by atoms with Crippen molar-refractivity contribution in [2.24, 2.45) is 0 Å². The number of nitrogens with zero attached hydrogens (tertiary/aromatic N) is 2. The second kappa shape index (κ2) is 8.91. The molecule has 0 spiro atoms. The third-order valence-corrected chi connectivity index (χ3v) is 5.40. The average Bonchev–Trinajstić information content (AvgIpc) is 3.12. The van der Waals surface area contributed by atoms with Gasteiger partial charge in [0.05, 0.1) is 0 Å². The lowest BCUT2D eigenvalue weighted by molar-refractivity contribution is -0.112. The molecule has 0 aliphatic heterocycles. The zero-order chi connectivity index (χ0) is 21.8. The lowest BCUT2D eigenvalue weighted by Crippen LogP contribution is -2.14. The average molecular weight is 426 g/mol. The first kappa shape index (κ1) is 20.5. The molecule has 1 aromatic heterocycles. The molecule has 0 atom stereocenters. The van der Waals surface area contributed by atoms with Gasteiger partial charge in [-0.15, -0.1) is 0 Å². The smallest absolute Gasteiger partial charge is 0.266 e. The summed E-state index contributed by atoms with van der Waals surface area (Å²) in [6, 6.07) is 25.2. The molecular formula is C26H20ClN3O. The van der Waals surface area contributed by atoms with Gasteiger partial charge in [-0.05, 0) is 48.4 Å². The summed E-state index contributed by atoms with van der Waals surface area (Å²) in [5.41, 5.74) is 4.64. The van der Waals surface area contributed by atoms with Crippen LogP contribution in [-0.4, -0.2) is 10.5 Å². The Morgan fingerprint density at radius 3 is 2.52 bits per heavy atom. The van der Waals surface area contributed by atoms with Gasteiger partial charge in [-0.3, -0.25) is 4.79 Å². The maximum Gasteiger partial charge on any atom is 0.266 e. The van der Waals surface area contributed by atoms with E-state index in [9.17, 15) is 10.1 Å². The molecule has 0 bridgehead atoms. The van der Waals surface area contributed by atoms with Crippen LogP contribution in [0.2, 0.25) is 5.02 Å². The minimum absolute atomic E-state index is 0.0534. The Bertz CT molecular complexity index is 1330. The number of halogens is 1. The molecule has 0 aliphatic rings. The highest BCUT2D eigenvalue weighted by atomic mass is 35.5. The summed E-state index contributed by atoms with van der Waals surface area (Å²) in [5, 5.41) is 14.2. The first-order chi connectivity index (χ1) is 15.0. The van der Waals surface area contributed by atoms with Crippen molar-refractivity contribution in [1.82, 2.24) is 4.57 Å². The molecule has 0 aliphatic carbocycles. The van der Waals surface area contributed by atoms with Crippen LogP contribution in [0.1, 0.15) is 16.7 Å². The summed E-state index contributed by atoms with van der Waals surface area (Å²) >= 11 is 6.00. The van der Waals surface area contributed by atoms with E-state index in [4.69, 9.17) is 11.6 Å². The van der Waals surface area contributed by atoms with E-state index >= 15 is 0 Å². The van der Waals surface area contributed by atoms with Crippen LogP contribution in [0.15, 0.2) is 84.6 Å². The van der Waals surface area contributed by atoms with E-state index in [1.165, 1.54) is 0 Å². The van der Waals surface area contributed by atoms with Crippen molar-refractivity contribution in [3.63, 3.8) is 0 Å². The van der Waals surface area contributed by atoms with Crippen molar-refractivity contribution < 1.29 is 4.79 Å². The van der Waals surface area contributed by atoms with Crippen molar-refractivity contribution in [2.45, 2.75) is 13.5 Å². The fourth-order valence-corrected chi connectivity index (χ4v) is 3.64. The number of hydrogen-bond donors (Lipinski definition) is 1. The monoisotopic (exact) mass is 425 g/mol. The molecule has 3 aromatic carbocycles. The lowest BCUT2D eigenvalue weighted by atomic mass is 10.1. The lowest BCUT2D eigenvalue weighted by Gasteiger charge is -2.07. The second-order valence-corrected chi connectivity index (χ2v) is 7.73. The van der Waals surface area contributed by atoms with Crippen LogP contribution in [0.4, 0.5) is 5.69 Å². The number of fused-ring (bicyclic) bond motifs is 1. The third kappa shape index (κ3) is 4.53. The Morgan fingerprint density at radius 2 is 1.77 bits per heavy atom. The number of carbonyl (C=O) groups is 1. The van der Waals surface area contributed by atoms with Gasteiger partial charge in [-0.25, -0.2) is 0 Å². The van der Waals surface area contributed by atoms with Crippen LogP contribution in [0, 0.1) is 18.3 Å². The van der Waals surface area contributed by atoms with E-state index < -0.39 is 5.91 Å². The number of nitriles is 1. The van der Waals surface area contributed by atoms with Crippen LogP contribution >= 0.6 is 11.6 Å². The van der Waals surface area contributed by atoms with Crippen LogP contribution in [-0.2, 0) is 11.3 Å².